The van der Waals surface area contributed by atoms with Gasteiger partial charge in [0.1, 0.15) is 5.75 Å². The van der Waals surface area contributed by atoms with Crippen molar-refractivity contribution in [3.05, 3.63) is 28.2 Å². The highest BCUT2D eigenvalue weighted by Gasteiger charge is 2.00. The molecule has 1 aromatic rings. The van der Waals surface area contributed by atoms with Gasteiger partial charge in [-0.3, -0.25) is 3.53 Å². The molecular formula is C9H11BrINO. The van der Waals surface area contributed by atoms with Crippen LogP contribution in [0.2, 0.25) is 0 Å². The van der Waals surface area contributed by atoms with Crippen LogP contribution in [0.4, 0.5) is 0 Å². The molecule has 0 unspecified atom stereocenters. The van der Waals surface area contributed by atoms with Crippen LogP contribution in [-0.4, -0.2) is 13.7 Å². The molecule has 0 atom stereocenters. The van der Waals surface area contributed by atoms with Gasteiger partial charge in [-0.2, -0.15) is 0 Å². The fourth-order valence-electron chi connectivity index (χ4n) is 1.06. The Hall–Kier alpha value is 0.190. The molecule has 0 aliphatic heterocycles. The summed E-state index contributed by atoms with van der Waals surface area (Å²) in [4.78, 5) is 0. The normalized spacial score (nSPS) is 10.1. The zero-order valence-electron chi connectivity index (χ0n) is 7.31. The molecule has 13 heavy (non-hydrogen) atoms. The third-order valence-corrected chi connectivity index (χ3v) is 2.88. The fraction of sp³-hybridized carbons (Fsp3) is 0.333. The largest absolute Gasteiger partial charge is 0.496 e. The smallest absolute Gasteiger partial charge is 0.133 e. The Morgan fingerprint density at radius 1 is 1.54 bits per heavy atom. The maximum atomic E-state index is 5.14. The van der Waals surface area contributed by atoms with E-state index in [-0.39, 0.29) is 0 Å². The van der Waals surface area contributed by atoms with Crippen molar-refractivity contribution in [1.82, 2.24) is 3.53 Å². The molecule has 72 valence electrons. The summed E-state index contributed by atoms with van der Waals surface area (Å²) < 4.78 is 9.24. The van der Waals surface area contributed by atoms with Crippen molar-refractivity contribution in [1.29, 1.82) is 0 Å². The van der Waals surface area contributed by atoms with Crippen LogP contribution in [0.5, 0.6) is 5.75 Å². The lowest BCUT2D eigenvalue weighted by molar-refractivity contribution is 0.412. The molecule has 1 N–H and O–H groups in total. The summed E-state index contributed by atoms with van der Waals surface area (Å²) in [7, 11) is 1.67. The van der Waals surface area contributed by atoms with E-state index in [1.54, 1.807) is 7.11 Å². The monoisotopic (exact) mass is 355 g/mol. The van der Waals surface area contributed by atoms with E-state index in [1.165, 1.54) is 5.56 Å². The van der Waals surface area contributed by atoms with Gasteiger partial charge < -0.3 is 4.74 Å². The number of rotatable bonds is 4. The first kappa shape index (κ1) is 11.3. The van der Waals surface area contributed by atoms with Crippen molar-refractivity contribution >= 4 is 38.8 Å². The minimum absolute atomic E-state index is 0.881. The summed E-state index contributed by atoms with van der Waals surface area (Å²) >= 11 is 5.60. The summed E-state index contributed by atoms with van der Waals surface area (Å²) in [5.74, 6) is 0.881. The van der Waals surface area contributed by atoms with E-state index in [9.17, 15) is 0 Å². The molecule has 4 heteroatoms. The Morgan fingerprint density at radius 2 is 2.31 bits per heavy atom. The number of hydrogen-bond acceptors (Lipinski definition) is 2. The maximum Gasteiger partial charge on any atom is 0.133 e. The van der Waals surface area contributed by atoms with Crippen molar-refractivity contribution in [3.8, 4) is 5.75 Å². The van der Waals surface area contributed by atoms with Crippen LogP contribution in [0.15, 0.2) is 22.7 Å². The Balaban J connectivity index is 2.71. The molecule has 0 amide bonds. The SMILES string of the molecule is COc1ccc(CCNI)cc1Br. The highest BCUT2D eigenvalue weighted by Crippen LogP contribution is 2.25. The zero-order valence-corrected chi connectivity index (χ0v) is 11.1. The van der Waals surface area contributed by atoms with E-state index >= 15 is 0 Å². The molecule has 0 spiro atoms. The molecule has 0 radical (unpaired) electrons. The molecule has 0 fully saturated rings. The highest BCUT2D eigenvalue weighted by atomic mass is 127. The quantitative estimate of drug-likeness (QED) is 0.662. The van der Waals surface area contributed by atoms with Crippen LogP contribution in [0, 0.1) is 0 Å². The number of benzene rings is 1. The molecular weight excluding hydrogens is 345 g/mol. The van der Waals surface area contributed by atoms with Crippen LogP contribution in [0.3, 0.4) is 0 Å². The molecule has 2 nitrogen and oxygen atoms in total. The number of methoxy groups -OCH3 is 1. The van der Waals surface area contributed by atoms with Gasteiger partial charge in [-0.05, 0) is 40.0 Å². The van der Waals surface area contributed by atoms with E-state index in [4.69, 9.17) is 4.74 Å². The molecule has 0 heterocycles. The van der Waals surface area contributed by atoms with Crippen LogP contribution < -0.4 is 8.27 Å². The van der Waals surface area contributed by atoms with Crippen LogP contribution in [0.25, 0.3) is 0 Å². The minimum Gasteiger partial charge on any atom is -0.496 e. The predicted octanol–water partition coefficient (Wildman–Crippen LogP) is 2.94. The summed E-state index contributed by atoms with van der Waals surface area (Å²) in [6.07, 6.45) is 1.03. The molecule has 0 aliphatic carbocycles. The van der Waals surface area contributed by atoms with Gasteiger partial charge in [0, 0.05) is 29.4 Å². The lowest BCUT2D eigenvalue weighted by Gasteiger charge is -2.05. The topological polar surface area (TPSA) is 21.3 Å². The third-order valence-electron chi connectivity index (χ3n) is 1.72. The molecule has 0 aromatic heterocycles. The van der Waals surface area contributed by atoms with E-state index in [2.05, 4.69) is 54.5 Å². The Morgan fingerprint density at radius 3 is 2.85 bits per heavy atom. The Labute approximate surface area is 101 Å². The van der Waals surface area contributed by atoms with E-state index < -0.39 is 0 Å². The molecule has 0 saturated heterocycles. The molecule has 0 aliphatic rings. The highest BCUT2D eigenvalue weighted by molar-refractivity contribution is 14.1. The first-order chi connectivity index (χ1) is 6.27. The van der Waals surface area contributed by atoms with E-state index in [0.717, 1.165) is 23.2 Å². The van der Waals surface area contributed by atoms with Gasteiger partial charge in [0.25, 0.3) is 0 Å². The summed E-state index contributed by atoms with van der Waals surface area (Å²) in [6.45, 7) is 0.985. The average Bonchev–Trinajstić information content (AvgIpc) is 2.15. The van der Waals surface area contributed by atoms with E-state index in [0.29, 0.717) is 0 Å². The molecule has 1 rings (SSSR count). The number of halogens is 2. The van der Waals surface area contributed by atoms with Crippen molar-refractivity contribution in [2.75, 3.05) is 13.7 Å². The Bertz CT molecular complexity index is 280. The van der Waals surface area contributed by atoms with Crippen molar-refractivity contribution in [2.45, 2.75) is 6.42 Å². The lowest BCUT2D eigenvalue weighted by Crippen LogP contribution is -2.03. The lowest BCUT2D eigenvalue weighted by atomic mass is 10.1. The number of hydrogen-bond donors (Lipinski definition) is 1. The number of ether oxygens (including phenoxy) is 1. The van der Waals surface area contributed by atoms with Crippen molar-refractivity contribution in [2.24, 2.45) is 0 Å². The first-order valence-corrected chi connectivity index (χ1v) is 5.81. The van der Waals surface area contributed by atoms with Gasteiger partial charge >= 0.3 is 0 Å². The molecule has 0 saturated carbocycles. The van der Waals surface area contributed by atoms with Crippen LogP contribution in [-0.2, 0) is 6.42 Å². The fourth-order valence-corrected chi connectivity index (χ4v) is 1.91. The van der Waals surface area contributed by atoms with Crippen LogP contribution in [0.1, 0.15) is 5.56 Å². The van der Waals surface area contributed by atoms with Gasteiger partial charge in [0.15, 0.2) is 0 Å². The summed E-state index contributed by atoms with van der Waals surface area (Å²) in [5.41, 5.74) is 1.30. The van der Waals surface area contributed by atoms with Gasteiger partial charge in [0.2, 0.25) is 0 Å². The van der Waals surface area contributed by atoms with Gasteiger partial charge in [-0.15, -0.1) is 0 Å². The summed E-state index contributed by atoms with van der Waals surface area (Å²) in [5, 5.41) is 0. The van der Waals surface area contributed by atoms with Crippen LogP contribution >= 0.6 is 38.8 Å². The van der Waals surface area contributed by atoms with Gasteiger partial charge in [0.05, 0.1) is 11.6 Å². The second kappa shape index (κ2) is 5.82. The predicted molar refractivity (Wildman–Crippen MR) is 66.4 cm³/mol. The minimum atomic E-state index is 0.881. The van der Waals surface area contributed by atoms with Crippen molar-refractivity contribution in [3.63, 3.8) is 0 Å². The molecule has 0 bridgehead atoms. The second-order valence-corrected chi connectivity index (χ2v) is 4.22. The van der Waals surface area contributed by atoms with Gasteiger partial charge in [-0.1, -0.05) is 6.07 Å². The third kappa shape index (κ3) is 3.44. The average molecular weight is 356 g/mol. The molecule has 1 aromatic carbocycles. The second-order valence-electron chi connectivity index (χ2n) is 2.60. The van der Waals surface area contributed by atoms with Gasteiger partial charge in [-0.25, -0.2) is 0 Å². The summed E-state index contributed by atoms with van der Waals surface area (Å²) in [6, 6.07) is 6.15. The maximum absolute atomic E-state index is 5.14. The zero-order chi connectivity index (χ0) is 9.68. The standard InChI is InChI=1S/C9H11BrINO/c1-13-9-3-2-7(4-5-12-11)6-8(9)10/h2-3,6,12H,4-5H2,1H3. The number of nitrogens with one attached hydrogen (secondary N) is 1. The first-order valence-electron chi connectivity index (χ1n) is 3.94. The van der Waals surface area contributed by atoms with E-state index in [1.807, 2.05) is 6.07 Å². The van der Waals surface area contributed by atoms with Crippen molar-refractivity contribution < 1.29 is 4.74 Å². The Kier molecular flexibility index (Phi) is 5.05.